The topological polar surface area (TPSA) is 88.7 Å². The van der Waals surface area contributed by atoms with Crippen molar-refractivity contribution in [1.82, 2.24) is 9.88 Å². The number of pyridine rings is 1. The summed E-state index contributed by atoms with van der Waals surface area (Å²) in [6.07, 6.45) is 3.45. The molecular formula is C26H31F2N3O3S2. The minimum atomic E-state index is -0.808. The minimum Gasteiger partial charge on any atom is -0.497 e. The number of hydrogen-bond acceptors (Lipinski definition) is 7. The van der Waals surface area contributed by atoms with Crippen molar-refractivity contribution in [3.8, 4) is 5.75 Å². The van der Waals surface area contributed by atoms with Crippen LogP contribution in [0.15, 0.2) is 40.7 Å². The van der Waals surface area contributed by atoms with Gasteiger partial charge in [0.2, 0.25) is 0 Å². The molecule has 0 aliphatic carbocycles. The number of piperidine rings is 1. The summed E-state index contributed by atoms with van der Waals surface area (Å²) < 4.78 is 34.3. The van der Waals surface area contributed by atoms with E-state index in [4.69, 9.17) is 10.5 Å². The number of aliphatic carboxylic acids is 1. The summed E-state index contributed by atoms with van der Waals surface area (Å²) in [5.74, 6) is 0.397. The van der Waals surface area contributed by atoms with Crippen LogP contribution in [-0.2, 0) is 4.79 Å². The largest absolute Gasteiger partial charge is 0.497 e. The highest BCUT2D eigenvalue weighted by molar-refractivity contribution is 8.01. The molecule has 3 N–H and O–H groups in total. The fourth-order valence-corrected chi connectivity index (χ4v) is 6.96. The van der Waals surface area contributed by atoms with Crippen LogP contribution in [-0.4, -0.2) is 53.5 Å². The molecule has 1 aliphatic heterocycles. The molecule has 1 fully saturated rings. The highest BCUT2D eigenvalue weighted by atomic mass is 32.2. The molecule has 2 aromatic heterocycles. The van der Waals surface area contributed by atoms with Crippen LogP contribution in [0.5, 0.6) is 5.75 Å². The Balaban J connectivity index is 1.38. The molecule has 6 nitrogen and oxygen atoms in total. The first-order chi connectivity index (χ1) is 17.3. The quantitative estimate of drug-likeness (QED) is 0.311. The molecule has 3 atom stereocenters. The standard InChI is InChI=1S/C26H31F2N3O3S2/c1-34-18-3-5-22-19(13-18)26(20(27)14-30-22)21(29)4-2-16-8-9-31(15-17(16)12-24(32)33)10-11-35-25-7-6-23(28)36-25/h3,5-7,13-14,16-17,21H,2,4,8-12,15,29H2,1H3,(H,32,33). The van der Waals surface area contributed by atoms with Gasteiger partial charge in [-0.25, -0.2) is 4.39 Å². The molecule has 10 heteroatoms. The molecule has 36 heavy (non-hydrogen) atoms. The van der Waals surface area contributed by atoms with Crippen molar-refractivity contribution < 1.29 is 23.4 Å². The Labute approximate surface area is 217 Å². The Morgan fingerprint density at radius 1 is 1.33 bits per heavy atom. The van der Waals surface area contributed by atoms with Crippen LogP contribution in [0.2, 0.25) is 0 Å². The van der Waals surface area contributed by atoms with Gasteiger partial charge in [-0.2, -0.15) is 4.39 Å². The molecular weight excluding hydrogens is 504 g/mol. The maximum Gasteiger partial charge on any atom is 0.303 e. The van der Waals surface area contributed by atoms with E-state index in [2.05, 4.69) is 9.88 Å². The number of nitrogens with zero attached hydrogens (tertiary/aromatic N) is 2. The van der Waals surface area contributed by atoms with E-state index >= 15 is 0 Å². The highest BCUT2D eigenvalue weighted by Crippen LogP contribution is 2.35. The number of aromatic nitrogens is 1. The molecule has 0 radical (unpaired) electrons. The smallest absolute Gasteiger partial charge is 0.303 e. The third-order valence-electron chi connectivity index (χ3n) is 6.90. The summed E-state index contributed by atoms with van der Waals surface area (Å²) in [5, 5.41) is 9.96. The fraction of sp³-hybridized carbons (Fsp3) is 0.462. The molecule has 0 bridgehead atoms. The van der Waals surface area contributed by atoms with E-state index in [1.165, 1.54) is 12.3 Å². The van der Waals surface area contributed by atoms with Crippen molar-refractivity contribution in [2.45, 2.75) is 35.9 Å². The Kier molecular flexibility index (Phi) is 9.16. The van der Waals surface area contributed by atoms with E-state index in [0.717, 1.165) is 47.2 Å². The van der Waals surface area contributed by atoms with Gasteiger partial charge in [-0.05, 0) is 68.0 Å². The molecule has 194 valence electrons. The molecule has 0 saturated carbocycles. The number of rotatable bonds is 11. The van der Waals surface area contributed by atoms with Gasteiger partial charge in [0.05, 0.1) is 23.0 Å². The number of thiophene rings is 1. The van der Waals surface area contributed by atoms with Gasteiger partial charge in [-0.1, -0.05) is 11.3 Å². The number of ether oxygens (including phenoxy) is 1. The first-order valence-corrected chi connectivity index (χ1v) is 13.8. The SMILES string of the molecule is COc1ccc2ncc(F)c(C(N)CCC3CCN(CCSc4ccc(F)s4)CC3CC(=O)O)c2c1. The number of carboxylic acid groups (broad SMARTS) is 1. The van der Waals surface area contributed by atoms with Crippen molar-refractivity contribution in [1.29, 1.82) is 0 Å². The fourth-order valence-electron chi connectivity index (χ4n) is 5.06. The number of halogens is 2. The number of carboxylic acids is 1. The number of benzene rings is 1. The van der Waals surface area contributed by atoms with Gasteiger partial charge < -0.3 is 20.5 Å². The second kappa shape index (κ2) is 12.3. The van der Waals surface area contributed by atoms with Crippen LogP contribution < -0.4 is 10.5 Å². The third-order valence-corrected chi connectivity index (χ3v) is 8.98. The van der Waals surface area contributed by atoms with Gasteiger partial charge in [0.25, 0.3) is 0 Å². The molecule has 3 unspecified atom stereocenters. The number of methoxy groups -OCH3 is 1. The lowest BCUT2D eigenvalue weighted by molar-refractivity contribution is -0.139. The monoisotopic (exact) mass is 535 g/mol. The summed E-state index contributed by atoms with van der Waals surface area (Å²) in [6, 6.07) is 8.06. The molecule has 0 amide bonds. The average molecular weight is 536 g/mol. The van der Waals surface area contributed by atoms with Crippen molar-refractivity contribution in [3.05, 3.63) is 53.0 Å². The van der Waals surface area contributed by atoms with E-state index in [1.54, 1.807) is 43.1 Å². The van der Waals surface area contributed by atoms with Crippen LogP contribution in [0.1, 0.15) is 37.3 Å². The Morgan fingerprint density at radius 3 is 2.89 bits per heavy atom. The second-order valence-corrected chi connectivity index (χ2v) is 11.6. The first kappa shape index (κ1) is 26.8. The lowest BCUT2D eigenvalue weighted by Crippen LogP contribution is -2.42. The van der Waals surface area contributed by atoms with Gasteiger partial charge in [0, 0.05) is 42.3 Å². The van der Waals surface area contributed by atoms with Crippen LogP contribution in [0, 0.1) is 22.8 Å². The maximum absolute atomic E-state index is 14.8. The maximum atomic E-state index is 14.8. The van der Waals surface area contributed by atoms with E-state index < -0.39 is 17.8 Å². The van der Waals surface area contributed by atoms with E-state index in [9.17, 15) is 18.7 Å². The molecule has 4 rings (SSSR count). The van der Waals surface area contributed by atoms with E-state index in [0.29, 0.717) is 35.2 Å². The molecule has 1 aromatic carbocycles. The van der Waals surface area contributed by atoms with Crippen LogP contribution in [0.4, 0.5) is 8.78 Å². The molecule has 3 aromatic rings. The van der Waals surface area contributed by atoms with Crippen LogP contribution in [0.3, 0.4) is 0 Å². The summed E-state index contributed by atoms with van der Waals surface area (Å²) in [4.78, 5) is 18.0. The highest BCUT2D eigenvalue weighted by Gasteiger charge is 2.31. The third kappa shape index (κ3) is 6.73. The zero-order valence-corrected chi connectivity index (χ0v) is 21.8. The summed E-state index contributed by atoms with van der Waals surface area (Å²) in [5.41, 5.74) is 7.58. The average Bonchev–Trinajstić information content (AvgIpc) is 3.27. The predicted octanol–water partition coefficient (Wildman–Crippen LogP) is 5.57. The summed E-state index contributed by atoms with van der Waals surface area (Å²) in [6.45, 7) is 2.40. The lowest BCUT2D eigenvalue weighted by atomic mass is 9.79. The van der Waals surface area contributed by atoms with Gasteiger partial charge in [0.15, 0.2) is 5.13 Å². The van der Waals surface area contributed by atoms with Crippen molar-refractivity contribution in [2.75, 3.05) is 32.5 Å². The van der Waals surface area contributed by atoms with Gasteiger partial charge >= 0.3 is 5.97 Å². The van der Waals surface area contributed by atoms with Gasteiger partial charge in [-0.3, -0.25) is 9.78 Å². The summed E-state index contributed by atoms with van der Waals surface area (Å²) >= 11 is 2.77. The number of carbonyl (C=O) groups is 1. The molecule has 1 saturated heterocycles. The zero-order chi connectivity index (χ0) is 25.7. The van der Waals surface area contributed by atoms with Gasteiger partial charge in [-0.15, -0.1) is 11.8 Å². The summed E-state index contributed by atoms with van der Waals surface area (Å²) in [7, 11) is 1.56. The molecule has 1 aliphatic rings. The number of likely N-dealkylation sites (tertiary alicyclic amines) is 1. The Bertz CT molecular complexity index is 1190. The predicted molar refractivity (Wildman–Crippen MR) is 140 cm³/mol. The van der Waals surface area contributed by atoms with E-state index in [-0.39, 0.29) is 23.4 Å². The minimum absolute atomic E-state index is 0.00626. The van der Waals surface area contributed by atoms with Gasteiger partial charge in [0.1, 0.15) is 11.6 Å². The first-order valence-electron chi connectivity index (χ1n) is 12.0. The lowest BCUT2D eigenvalue weighted by Gasteiger charge is -2.38. The Hall–Kier alpha value is -2.27. The van der Waals surface area contributed by atoms with E-state index in [1.807, 2.05) is 0 Å². The normalized spacial score (nSPS) is 19.4. The van der Waals surface area contributed by atoms with Crippen LogP contribution in [0.25, 0.3) is 10.9 Å². The molecule has 3 heterocycles. The Morgan fingerprint density at radius 2 is 2.17 bits per heavy atom. The number of nitrogens with two attached hydrogens (primary N) is 1. The van der Waals surface area contributed by atoms with Crippen LogP contribution >= 0.6 is 23.1 Å². The number of hydrogen-bond donors (Lipinski definition) is 2. The zero-order valence-electron chi connectivity index (χ0n) is 20.2. The number of thioether (sulfide) groups is 1. The van der Waals surface area contributed by atoms with Crippen molar-refractivity contribution in [3.63, 3.8) is 0 Å². The second-order valence-electron chi connectivity index (χ2n) is 9.20. The molecule has 0 spiro atoms. The van der Waals surface area contributed by atoms with Crippen molar-refractivity contribution in [2.24, 2.45) is 17.6 Å². The van der Waals surface area contributed by atoms with Crippen molar-refractivity contribution >= 4 is 40.0 Å². The number of fused-ring (bicyclic) bond motifs is 1.